The van der Waals surface area contributed by atoms with E-state index in [9.17, 15) is 0 Å². The molecule has 0 bridgehead atoms. The zero-order valence-electron chi connectivity index (χ0n) is 9.06. The smallest absolute Gasteiger partial charge is 0.123 e. The van der Waals surface area contributed by atoms with E-state index < -0.39 is 0 Å². The summed E-state index contributed by atoms with van der Waals surface area (Å²) in [6.07, 6.45) is 0. The van der Waals surface area contributed by atoms with Crippen molar-refractivity contribution in [3.8, 4) is 5.75 Å². The maximum atomic E-state index is 6.44. The molecule has 1 nitrogen and oxygen atoms in total. The van der Waals surface area contributed by atoms with Gasteiger partial charge in [0.2, 0.25) is 0 Å². The molecule has 0 aliphatic carbocycles. The average Bonchev–Trinajstić information content (AvgIpc) is 2.39. The lowest BCUT2D eigenvalue weighted by Gasteiger charge is -2.13. The molecule has 82 valence electrons. The second-order valence-electron chi connectivity index (χ2n) is 3.52. The van der Waals surface area contributed by atoms with Crippen molar-refractivity contribution in [1.82, 2.24) is 0 Å². The molecule has 0 aromatic heterocycles. The van der Waals surface area contributed by atoms with E-state index in [-0.39, 0.29) is 5.38 Å². The van der Waals surface area contributed by atoms with Crippen molar-refractivity contribution in [2.45, 2.75) is 5.38 Å². The minimum atomic E-state index is -0.169. The number of benzene rings is 2. The van der Waals surface area contributed by atoms with Gasteiger partial charge in [0.05, 0.1) is 12.5 Å². The number of rotatable bonds is 3. The van der Waals surface area contributed by atoms with Gasteiger partial charge in [0.15, 0.2) is 0 Å². The molecule has 2 heteroatoms. The Balaban J connectivity index is 2.37. The minimum Gasteiger partial charge on any atom is -0.496 e. The first kappa shape index (κ1) is 11.0. The Morgan fingerprint density at radius 1 is 0.938 bits per heavy atom. The molecule has 1 unspecified atom stereocenters. The van der Waals surface area contributed by atoms with Crippen LogP contribution in [0, 0.1) is 0 Å². The third-order valence-corrected chi connectivity index (χ3v) is 2.99. The molecular weight excluding hydrogens is 220 g/mol. The van der Waals surface area contributed by atoms with Gasteiger partial charge in [-0.15, -0.1) is 11.6 Å². The molecule has 1 atom stereocenters. The average molecular weight is 233 g/mol. The highest BCUT2D eigenvalue weighted by molar-refractivity contribution is 6.22. The van der Waals surface area contributed by atoms with Crippen molar-refractivity contribution in [3.05, 3.63) is 65.7 Å². The molecule has 0 aliphatic rings. The summed E-state index contributed by atoms with van der Waals surface area (Å²) in [5.74, 6) is 0.825. The topological polar surface area (TPSA) is 9.23 Å². The number of para-hydroxylation sites is 1. The number of halogens is 1. The van der Waals surface area contributed by atoms with Crippen molar-refractivity contribution in [3.63, 3.8) is 0 Å². The molecule has 0 radical (unpaired) electrons. The number of hydrogen-bond donors (Lipinski definition) is 0. The Labute approximate surface area is 101 Å². The monoisotopic (exact) mass is 232 g/mol. The highest BCUT2D eigenvalue weighted by Crippen LogP contribution is 2.34. The van der Waals surface area contributed by atoms with Gasteiger partial charge in [0, 0.05) is 5.56 Å². The summed E-state index contributed by atoms with van der Waals surface area (Å²) in [6, 6.07) is 17.8. The third-order valence-electron chi connectivity index (χ3n) is 2.50. The number of ether oxygens (including phenoxy) is 1. The Morgan fingerprint density at radius 2 is 1.56 bits per heavy atom. The van der Waals surface area contributed by atoms with Crippen molar-refractivity contribution >= 4 is 11.6 Å². The first-order chi connectivity index (χ1) is 7.83. The van der Waals surface area contributed by atoms with Crippen LogP contribution < -0.4 is 4.74 Å². The van der Waals surface area contributed by atoms with E-state index >= 15 is 0 Å². The van der Waals surface area contributed by atoms with Crippen LogP contribution in [0.4, 0.5) is 0 Å². The van der Waals surface area contributed by atoms with Crippen LogP contribution in [-0.2, 0) is 0 Å². The number of hydrogen-bond acceptors (Lipinski definition) is 1. The third kappa shape index (κ3) is 2.20. The first-order valence-corrected chi connectivity index (χ1v) is 5.58. The lowest BCUT2D eigenvalue weighted by atomic mass is 10.0. The molecule has 2 aromatic carbocycles. The van der Waals surface area contributed by atoms with Crippen LogP contribution >= 0.6 is 11.6 Å². The number of alkyl halides is 1. The summed E-state index contributed by atoms with van der Waals surface area (Å²) in [4.78, 5) is 0. The molecular formula is C14H13ClO. The van der Waals surface area contributed by atoms with E-state index in [2.05, 4.69) is 0 Å². The van der Waals surface area contributed by atoms with Gasteiger partial charge < -0.3 is 4.74 Å². The van der Waals surface area contributed by atoms with E-state index in [4.69, 9.17) is 16.3 Å². The molecule has 0 amide bonds. The van der Waals surface area contributed by atoms with E-state index in [1.165, 1.54) is 0 Å². The van der Waals surface area contributed by atoms with Gasteiger partial charge in [-0.3, -0.25) is 0 Å². The lowest BCUT2D eigenvalue weighted by Crippen LogP contribution is -1.96. The molecule has 0 saturated carbocycles. The largest absolute Gasteiger partial charge is 0.496 e. The minimum absolute atomic E-state index is 0.169. The second kappa shape index (κ2) is 5.04. The summed E-state index contributed by atoms with van der Waals surface area (Å²) in [7, 11) is 1.66. The van der Waals surface area contributed by atoms with Gasteiger partial charge >= 0.3 is 0 Å². The van der Waals surface area contributed by atoms with Gasteiger partial charge in [0.25, 0.3) is 0 Å². The van der Waals surface area contributed by atoms with E-state index in [0.29, 0.717) is 0 Å². The molecule has 0 aliphatic heterocycles. The highest BCUT2D eigenvalue weighted by atomic mass is 35.5. The summed E-state index contributed by atoms with van der Waals surface area (Å²) in [5, 5.41) is -0.169. The summed E-state index contributed by atoms with van der Waals surface area (Å²) in [6.45, 7) is 0. The predicted octanol–water partition coefficient (Wildman–Crippen LogP) is 4.02. The van der Waals surface area contributed by atoms with Crippen molar-refractivity contribution in [1.29, 1.82) is 0 Å². The van der Waals surface area contributed by atoms with Gasteiger partial charge in [-0.05, 0) is 11.6 Å². The van der Waals surface area contributed by atoms with E-state index in [0.717, 1.165) is 16.9 Å². The molecule has 2 aromatic rings. The standard InChI is InChI=1S/C14H13ClO/c1-16-13-10-6-5-9-12(13)14(15)11-7-3-2-4-8-11/h2-10,14H,1H3. The molecule has 0 N–H and O–H groups in total. The fourth-order valence-electron chi connectivity index (χ4n) is 1.68. The summed E-state index contributed by atoms with van der Waals surface area (Å²) < 4.78 is 5.30. The molecule has 0 spiro atoms. The van der Waals surface area contributed by atoms with Gasteiger partial charge in [0.1, 0.15) is 5.75 Å². The van der Waals surface area contributed by atoms with Crippen molar-refractivity contribution < 1.29 is 4.74 Å². The zero-order chi connectivity index (χ0) is 11.4. The molecule has 0 heterocycles. The van der Waals surface area contributed by atoms with Gasteiger partial charge in [-0.25, -0.2) is 0 Å². The van der Waals surface area contributed by atoms with Gasteiger partial charge in [-0.1, -0.05) is 48.5 Å². The summed E-state index contributed by atoms with van der Waals surface area (Å²) in [5.41, 5.74) is 2.08. The first-order valence-electron chi connectivity index (χ1n) is 5.15. The van der Waals surface area contributed by atoms with Crippen LogP contribution in [-0.4, -0.2) is 7.11 Å². The normalized spacial score (nSPS) is 12.1. The molecule has 2 rings (SSSR count). The molecule has 16 heavy (non-hydrogen) atoms. The van der Waals surface area contributed by atoms with Crippen LogP contribution in [0.3, 0.4) is 0 Å². The maximum absolute atomic E-state index is 6.44. The van der Waals surface area contributed by atoms with Crippen molar-refractivity contribution in [2.75, 3.05) is 7.11 Å². The Kier molecular flexibility index (Phi) is 3.47. The molecule has 0 fully saturated rings. The Morgan fingerprint density at radius 3 is 2.25 bits per heavy atom. The Bertz CT molecular complexity index is 453. The fourth-order valence-corrected chi connectivity index (χ4v) is 2.00. The van der Waals surface area contributed by atoms with Crippen LogP contribution in [0.15, 0.2) is 54.6 Å². The quantitative estimate of drug-likeness (QED) is 0.727. The fraction of sp³-hybridized carbons (Fsp3) is 0.143. The van der Waals surface area contributed by atoms with Crippen LogP contribution in [0.2, 0.25) is 0 Å². The van der Waals surface area contributed by atoms with Crippen LogP contribution in [0.1, 0.15) is 16.5 Å². The molecule has 0 saturated heterocycles. The maximum Gasteiger partial charge on any atom is 0.123 e. The highest BCUT2D eigenvalue weighted by Gasteiger charge is 2.14. The Hall–Kier alpha value is -1.47. The van der Waals surface area contributed by atoms with Gasteiger partial charge in [-0.2, -0.15) is 0 Å². The summed E-state index contributed by atoms with van der Waals surface area (Å²) >= 11 is 6.44. The van der Waals surface area contributed by atoms with Crippen LogP contribution in [0.5, 0.6) is 5.75 Å². The SMILES string of the molecule is COc1ccccc1C(Cl)c1ccccc1. The number of methoxy groups -OCH3 is 1. The lowest BCUT2D eigenvalue weighted by molar-refractivity contribution is 0.410. The predicted molar refractivity (Wildman–Crippen MR) is 67.1 cm³/mol. The van der Waals surface area contributed by atoms with E-state index in [1.807, 2.05) is 54.6 Å². The van der Waals surface area contributed by atoms with Crippen LogP contribution in [0.25, 0.3) is 0 Å². The van der Waals surface area contributed by atoms with Crippen molar-refractivity contribution in [2.24, 2.45) is 0 Å². The van der Waals surface area contributed by atoms with E-state index in [1.54, 1.807) is 7.11 Å². The second-order valence-corrected chi connectivity index (χ2v) is 3.95. The zero-order valence-corrected chi connectivity index (χ0v) is 9.82.